The average molecular weight is 405 g/mol. The van der Waals surface area contributed by atoms with Crippen LogP contribution in [0.1, 0.15) is 39.8 Å². The third kappa shape index (κ3) is 4.07. The minimum absolute atomic E-state index is 0.568. The summed E-state index contributed by atoms with van der Waals surface area (Å²) in [4.78, 5) is 12.0. The predicted octanol–water partition coefficient (Wildman–Crippen LogP) is 6.14. The number of benzene rings is 1. The number of hydrogen-bond acceptors (Lipinski definition) is 3. The third-order valence-corrected chi connectivity index (χ3v) is 5.03. The molecule has 0 spiro atoms. The molecule has 2 heterocycles. The molecule has 144 valence electrons. The van der Waals surface area contributed by atoms with E-state index in [9.17, 15) is 0 Å². The predicted molar refractivity (Wildman–Crippen MR) is 115 cm³/mol. The van der Waals surface area contributed by atoms with Crippen LogP contribution in [0.2, 0.25) is 10.0 Å². The van der Waals surface area contributed by atoms with Gasteiger partial charge in [0, 0.05) is 36.1 Å². The zero-order valence-electron chi connectivity index (χ0n) is 16.3. The normalized spacial score (nSPS) is 11.5. The summed E-state index contributed by atoms with van der Waals surface area (Å²) in [5.41, 5.74) is 3.54. The van der Waals surface area contributed by atoms with Crippen LogP contribution in [-0.4, -0.2) is 27.5 Å². The van der Waals surface area contributed by atoms with Crippen molar-refractivity contribution in [1.82, 2.24) is 14.4 Å². The number of hydrogen-bond donors (Lipinski definition) is 0. The van der Waals surface area contributed by atoms with E-state index >= 15 is 0 Å². The van der Waals surface area contributed by atoms with Gasteiger partial charge < -0.3 is 4.90 Å². The maximum atomic E-state index is 6.45. The first-order chi connectivity index (χ1) is 13.0. The van der Waals surface area contributed by atoms with Gasteiger partial charge in [0.15, 0.2) is 5.65 Å². The number of fused-ring (bicyclic) bond motifs is 1. The summed E-state index contributed by atoms with van der Waals surface area (Å²) in [6.07, 6.45) is 5.76. The first kappa shape index (κ1) is 20.0. The molecule has 0 fully saturated rings. The lowest BCUT2D eigenvalue weighted by Crippen LogP contribution is -2.30. The molecule has 1 aromatic carbocycles. The molecule has 27 heavy (non-hydrogen) atoms. The van der Waals surface area contributed by atoms with Crippen LogP contribution in [0.15, 0.2) is 30.6 Å². The van der Waals surface area contributed by atoms with Gasteiger partial charge in [-0.3, -0.25) is 9.38 Å². The molecule has 3 rings (SSSR count). The number of nitrogens with zero attached hydrogens (tertiary/aromatic N) is 4. The zero-order valence-corrected chi connectivity index (χ0v) is 17.8. The van der Waals surface area contributed by atoms with Crippen molar-refractivity contribution < 1.29 is 0 Å². The van der Waals surface area contributed by atoms with E-state index in [1.54, 1.807) is 6.07 Å². The highest BCUT2D eigenvalue weighted by atomic mass is 35.5. The Balaban J connectivity index is 2.22. The fraction of sp³-hybridized carbons (Fsp3) is 0.429. The van der Waals surface area contributed by atoms with Crippen LogP contribution in [0.3, 0.4) is 0 Å². The molecule has 0 bridgehead atoms. The molecule has 0 unspecified atom stereocenters. The first-order valence-electron chi connectivity index (χ1n) is 9.52. The van der Waals surface area contributed by atoms with Crippen LogP contribution in [-0.2, 0) is 6.42 Å². The minimum atomic E-state index is 0.568. The molecule has 0 saturated heterocycles. The molecule has 0 amide bonds. The van der Waals surface area contributed by atoms with Crippen LogP contribution in [0.25, 0.3) is 16.9 Å². The van der Waals surface area contributed by atoms with E-state index in [0.29, 0.717) is 16.0 Å². The molecule has 0 saturated carbocycles. The Morgan fingerprint density at radius 2 is 1.96 bits per heavy atom. The van der Waals surface area contributed by atoms with Crippen molar-refractivity contribution in [3.05, 3.63) is 46.3 Å². The Morgan fingerprint density at radius 3 is 2.59 bits per heavy atom. The van der Waals surface area contributed by atoms with E-state index in [1.165, 1.54) is 0 Å². The smallest absolute Gasteiger partial charge is 0.165 e. The van der Waals surface area contributed by atoms with E-state index in [2.05, 4.69) is 42.0 Å². The van der Waals surface area contributed by atoms with Crippen molar-refractivity contribution >= 4 is 34.7 Å². The Labute approximate surface area is 171 Å². The number of anilines is 1. The van der Waals surface area contributed by atoms with Gasteiger partial charge in [0.25, 0.3) is 0 Å². The summed E-state index contributed by atoms with van der Waals surface area (Å²) in [6.45, 7) is 10.8. The number of aromatic nitrogens is 3. The number of aryl methyl sites for hydroxylation is 1. The molecule has 4 nitrogen and oxygen atoms in total. The van der Waals surface area contributed by atoms with E-state index in [-0.39, 0.29) is 0 Å². The van der Waals surface area contributed by atoms with E-state index in [1.807, 2.05) is 24.5 Å². The fourth-order valence-electron chi connectivity index (χ4n) is 3.45. The summed E-state index contributed by atoms with van der Waals surface area (Å²) >= 11 is 12.5. The fourth-order valence-corrected chi connectivity index (χ4v) is 3.95. The zero-order chi connectivity index (χ0) is 19.6. The van der Waals surface area contributed by atoms with Crippen molar-refractivity contribution in [1.29, 1.82) is 0 Å². The third-order valence-electron chi connectivity index (χ3n) is 4.49. The highest BCUT2D eigenvalue weighted by Gasteiger charge is 2.21. The SMILES string of the molecule is CCCN(CC(C)C)c1c(CC)nc2c(-c3ccc(Cl)cc3Cl)nccn12. The number of halogens is 2. The van der Waals surface area contributed by atoms with Crippen LogP contribution in [0.4, 0.5) is 5.82 Å². The second-order valence-corrected chi connectivity index (χ2v) is 8.01. The summed E-state index contributed by atoms with van der Waals surface area (Å²) < 4.78 is 2.16. The Morgan fingerprint density at radius 1 is 1.19 bits per heavy atom. The summed E-state index contributed by atoms with van der Waals surface area (Å²) in [5, 5.41) is 1.19. The molecule has 0 atom stereocenters. The molecule has 0 aliphatic carbocycles. The van der Waals surface area contributed by atoms with Crippen LogP contribution in [0, 0.1) is 5.92 Å². The first-order valence-corrected chi connectivity index (χ1v) is 10.3. The number of imidazole rings is 1. The molecule has 0 aliphatic heterocycles. The van der Waals surface area contributed by atoms with Gasteiger partial charge in [0.2, 0.25) is 0 Å². The standard InChI is InChI=1S/C21H26Cl2N4/c1-5-10-26(13-14(3)4)21-18(6-2)25-20-19(24-9-11-27(20)21)16-8-7-15(22)12-17(16)23/h7-9,11-12,14H,5-6,10,13H2,1-4H3. The number of rotatable bonds is 7. The van der Waals surface area contributed by atoms with E-state index < -0.39 is 0 Å². The van der Waals surface area contributed by atoms with Gasteiger partial charge in [-0.15, -0.1) is 0 Å². The Kier molecular flexibility index (Phi) is 6.28. The van der Waals surface area contributed by atoms with Crippen LogP contribution in [0.5, 0.6) is 0 Å². The largest absolute Gasteiger partial charge is 0.356 e. The maximum absolute atomic E-state index is 6.45. The van der Waals surface area contributed by atoms with Crippen LogP contribution >= 0.6 is 23.2 Å². The van der Waals surface area contributed by atoms with E-state index in [4.69, 9.17) is 28.2 Å². The van der Waals surface area contributed by atoms with Gasteiger partial charge in [-0.1, -0.05) is 50.9 Å². The summed E-state index contributed by atoms with van der Waals surface area (Å²) in [5.74, 6) is 1.73. The topological polar surface area (TPSA) is 33.4 Å². The van der Waals surface area contributed by atoms with Crippen molar-refractivity contribution in [2.24, 2.45) is 5.92 Å². The van der Waals surface area contributed by atoms with Gasteiger partial charge in [-0.05, 0) is 37.0 Å². The molecule has 0 aliphatic rings. The maximum Gasteiger partial charge on any atom is 0.165 e. The van der Waals surface area contributed by atoms with E-state index in [0.717, 1.165) is 54.3 Å². The average Bonchev–Trinajstić information content (AvgIpc) is 3.00. The van der Waals surface area contributed by atoms with Gasteiger partial charge in [-0.25, -0.2) is 4.98 Å². The van der Waals surface area contributed by atoms with Crippen molar-refractivity contribution in [3.63, 3.8) is 0 Å². The molecular formula is C21H26Cl2N4. The van der Waals surface area contributed by atoms with Gasteiger partial charge >= 0.3 is 0 Å². The van der Waals surface area contributed by atoms with Crippen molar-refractivity contribution in [3.8, 4) is 11.3 Å². The van der Waals surface area contributed by atoms with Gasteiger partial charge in [0.05, 0.1) is 10.7 Å². The van der Waals surface area contributed by atoms with Crippen molar-refractivity contribution in [2.45, 2.75) is 40.5 Å². The molecule has 0 radical (unpaired) electrons. The highest BCUT2D eigenvalue weighted by molar-refractivity contribution is 6.36. The van der Waals surface area contributed by atoms with Gasteiger partial charge in [0.1, 0.15) is 11.5 Å². The second kappa shape index (κ2) is 8.49. The summed E-state index contributed by atoms with van der Waals surface area (Å²) in [6, 6.07) is 5.49. The Hall–Kier alpha value is -1.78. The quantitative estimate of drug-likeness (QED) is 0.474. The monoisotopic (exact) mass is 404 g/mol. The molecule has 3 aromatic rings. The molecular weight excluding hydrogens is 379 g/mol. The Bertz CT molecular complexity index is 933. The summed E-state index contributed by atoms with van der Waals surface area (Å²) in [7, 11) is 0. The lowest BCUT2D eigenvalue weighted by Gasteiger charge is -2.26. The van der Waals surface area contributed by atoms with Crippen LogP contribution < -0.4 is 4.90 Å². The molecule has 2 aromatic heterocycles. The second-order valence-electron chi connectivity index (χ2n) is 7.17. The van der Waals surface area contributed by atoms with Crippen molar-refractivity contribution in [2.75, 3.05) is 18.0 Å². The minimum Gasteiger partial charge on any atom is -0.356 e. The van der Waals surface area contributed by atoms with Gasteiger partial charge in [-0.2, -0.15) is 0 Å². The lowest BCUT2D eigenvalue weighted by molar-refractivity contribution is 0.598. The molecule has 0 N–H and O–H groups in total. The highest BCUT2D eigenvalue weighted by Crippen LogP contribution is 2.34. The lowest BCUT2D eigenvalue weighted by atomic mass is 10.1. The molecule has 6 heteroatoms.